The first-order chi connectivity index (χ1) is 8.10. The van der Waals surface area contributed by atoms with E-state index >= 15 is 0 Å². The van der Waals surface area contributed by atoms with E-state index in [0.29, 0.717) is 12.5 Å². The van der Waals surface area contributed by atoms with Gasteiger partial charge in [0.25, 0.3) is 0 Å². The molecule has 0 heterocycles. The van der Waals surface area contributed by atoms with Crippen molar-refractivity contribution < 1.29 is 9.59 Å². The van der Waals surface area contributed by atoms with Crippen LogP contribution in [-0.4, -0.2) is 18.4 Å². The van der Waals surface area contributed by atoms with Crippen molar-refractivity contribution in [1.29, 1.82) is 0 Å². The maximum Gasteiger partial charge on any atom is 0.224 e. The summed E-state index contributed by atoms with van der Waals surface area (Å²) in [6.45, 7) is 2.53. The number of carbonyl (C=O) groups is 2. The largest absolute Gasteiger partial charge is 0.369 e. The molecule has 1 atom stereocenters. The second-order valence-electron chi connectivity index (χ2n) is 5.50. The first-order valence-electron chi connectivity index (χ1n) is 6.68. The van der Waals surface area contributed by atoms with Gasteiger partial charge in [-0.15, -0.1) is 0 Å². The Morgan fingerprint density at radius 1 is 1.41 bits per heavy atom. The topological polar surface area (TPSA) is 72.2 Å². The van der Waals surface area contributed by atoms with Gasteiger partial charge in [-0.05, 0) is 32.1 Å². The van der Waals surface area contributed by atoms with Crippen molar-refractivity contribution in [3.63, 3.8) is 0 Å². The number of nitrogens with two attached hydrogens (primary N) is 1. The van der Waals surface area contributed by atoms with Crippen LogP contribution in [0.5, 0.6) is 0 Å². The molecule has 3 N–H and O–H groups in total. The smallest absolute Gasteiger partial charge is 0.224 e. The summed E-state index contributed by atoms with van der Waals surface area (Å²) in [5.41, 5.74) is 5.00. The molecular formula is C13H22N2O2. The van der Waals surface area contributed by atoms with E-state index in [4.69, 9.17) is 5.73 Å². The highest BCUT2D eigenvalue weighted by atomic mass is 16.2. The normalized spacial score (nSPS) is 23.6. The summed E-state index contributed by atoms with van der Waals surface area (Å²) in [5, 5.41) is 2.86. The Hall–Kier alpha value is -1.06. The number of rotatable bonds is 6. The molecule has 2 rings (SSSR count). The molecule has 96 valence electrons. The average molecular weight is 238 g/mol. The van der Waals surface area contributed by atoms with Gasteiger partial charge in [0.15, 0.2) is 0 Å². The third kappa shape index (κ3) is 2.31. The fraction of sp³-hybridized carbons (Fsp3) is 0.846. The van der Waals surface area contributed by atoms with E-state index < -0.39 is 5.41 Å². The summed E-state index contributed by atoms with van der Waals surface area (Å²) < 4.78 is 0. The van der Waals surface area contributed by atoms with Crippen LogP contribution < -0.4 is 11.1 Å². The molecule has 0 radical (unpaired) electrons. The molecule has 0 aromatic carbocycles. The van der Waals surface area contributed by atoms with Crippen molar-refractivity contribution in [2.24, 2.45) is 23.0 Å². The Kier molecular flexibility index (Phi) is 3.40. The van der Waals surface area contributed by atoms with Crippen LogP contribution in [0.4, 0.5) is 0 Å². The van der Waals surface area contributed by atoms with Crippen LogP contribution in [0.15, 0.2) is 0 Å². The zero-order valence-corrected chi connectivity index (χ0v) is 10.5. The lowest BCUT2D eigenvalue weighted by atomic mass is 9.59. The predicted octanol–water partition coefficient (Wildman–Crippen LogP) is 1.19. The van der Waals surface area contributed by atoms with Crippen LogP contribution in [0, 0.1) is 17.3 Å². The van der Waals surface area contributed by atoms with Crippen LogP contribution in [0.1, 0.15) is 45.4 Å². The zero-order valence-electron chi connectivity index (χ0n) is 10.5. The lowest BCUT2D eigenvalue weighted by Crippen LogP contribution is -2.53. The maximum atomic E-state index is 12.1. The second kappa shape index (κ2) is 4.67. The molecule has 2 aliphatic rings. The van der Waals surface area contributed by atoms with Gasteiger partial charge in [0.05, 0.1) is 11.3 Å². The van der Waals surface area contributed by atoms with Gasteiger partial charge in [-0.2, -0.15) is 0 Å². The van der Waals surface area contributed by atoms with Gasteiger partial charge in [-0.3, -0.25) is 9.59 Å². The average Bonchev–Trinajstić information content (AvgIpc) is 2.98. The SMILES string of the molecule is CCNC(=O)C(CC1CC1)C1(C(N)=O)CCC1. The van der Waals surface area contributed by atoms with Gasteiger partial charge >= 0.3 is 0 Å². The summed E-state index contributed by atoms with van der Waals surface area (Å²) in [4.78, 5) is 23.8. The molecule has 1 unspecified atom stereocenters. The monoisotopic (exact) mass is 238 g/mol. The molecule has 0 aromatic rings. The van der Waals surface area contributed by atoms with E-state index in [0.717, 1.165) is 25.7 Å². The van der Waals surface area contributed by atoms with Crippen LogP contribution >= 0.6 is 0 Å². The summed E-state index contributed by atoms with van der Waals surface area (Å²) in [6.07, 6.45) is 5.83. The van der Waals surface area contributed by atoms with E-state index in [1.165, 1.54) is 12.8 Å². The van der Waals surface area contributed by atoms with Crippen molar-refractivity contribution in [2.45, 2.75) is 45.4 Å². The Bertz CT molecular complexity index is 319. The van der Waals surface area contributed by atoms with E-state index in [1.807, 2.05) is 6.92 Å². The van der Waals surface area contributed by atoms with Gasteiger partial charge in [0.1, 0.15) is 0 Å². The first-order valence-corrected chi connectivity index (χ1v) is 6.68. The van der Waals surface area contributed by atoms with Crippen LogP contribution in [0.2, 0.25) is 0 Å². The Labute approximate surface area is 102 Å². The highest BCUT2D eigenvalue weighted by molar-refractivity contribution is 5.90. The summed E-state index contributed by atoms with van der Waals surface area (Å²) in [6, 6.07) is 0. The van der Waals surface area contributed by atoms with Crippen molar-refractivity contribution in [2.75, 3.05) is 6.54 Å². The molecule has 17 heavy (non-hydrogen) atoms. The van der Waals surface area contributed by atoms with Crippen molar-refractivity contribution in [3.05, 3.63) is 0 Å². The van der Waals surface area contributed by atoms with Gasteiger partial charge < -0.3 is 11.1 Å². The predicted molar refractivity (Wildman–Crippen MR) is 65.0 cm³/mol. The quantitative estimate of drug-likeness (QED) is 0.729. The molecule has 4 nitrogen and oxygen atoms in total. The molecule has 2 aliphatic carbocycles. The van der Waals surface area contributed by atoms with E-state index in [1.54, 1.807) is 0 Å². The number of carbonyl (C=O) groups excluding carboxylic acids is 2. The third-order valence-electron chi connectivity index (χ3n) is 4.34. The minimum atomic E-state index is -0.540. The van der Waals surface area contributed by atoms with E-state index in [-0.39, 0.29) is 17.7 Å². The molecule has 2 fully saturated rings. The molecule has 0 aromatic heterocycles. The molecule has 0 aliphatic heterocycles. The van der Waals surface area contributed by atoms with E-state index in [2.05, 4.69) is 5.32 Å². The summed E-state index contributed by atoms with van der Waals surface area (Å²) in [5.74, 6) is 0.194. The van der Waals surface area contributed by atoms with Gasteiger partial charge in [-0.25, -0.2) is 0 Å². The van der Waals surface area contributed by atoms with Crippen LogP contribution in [-0.2, 0) is 9.59 Å². The van der Waals surface area contributed by atoms with Gasteiger partial charge in [0, 0.05) is 6.54 Å². The highest BCUT2D eigenvalue weighted by Crippen LogP contribution is 2.51. The molecule has 0 spiro atoms. The minimum Gasteiger partial charge on any atom is -0.369 e. The third-order valence-corrected chi connectivity index (χ3v) is 4.34. The summed E-state index contributed by atoms with van der Waals surface area (Å²) in [7, 11) is 0. The fourth-order valence-electron chi connectivity index (χ4n) is 2.89. The number of amides is 2. The van der Waals surface area contributed by atoms with Crippen molar-refractivity contribution in [1.82, 2.24) is 5.32 Å². The number of hydrogen-bond donors (Lipinski definition) is 2. The van der Waals surface area contributed by atoms with Gasteiger partial charge in [-0.1, -0.05) is 19.3 Å². The first kappa shape index (κ1) is 12.4. The highest BCUT2D eigenvalue weighted by Gasteiger charge is 2.52. The van der Waals surface area contributed by atoms with E-state index in [9.17, 15) is 9.59 Å². The molecular weight excluding hydrogens is 216 g/mol. The Balaban J connectivity index is 2.12. The standard InChI is InChI=1S/C13H22N2O2/c1-2-15-11(16)10(8-9-4-5-9)13(12(14)17)6-3-7-13/h9-10H,2-8H2,1H3,(H2,14,17)(H,15,16). The molecule has 4 heteroatoms. The molecule has 2 amide bonds. The second-order valence-corrected chi connectivity index (χ2v) is 5.50. The molecule has 2 saturated carbocycles. The summed E-state index contributed by atoms with van der Waals surface area (Å²) >= 11 is 0. The number of hydrogen-bond acceptors (Lipinski definition) is 2. The van der Waals surface area contributed by atoms with Crippen LogP contribution in [0.25, 0.3) is 0 Å². The maximum absolute atomic E-state index is 12.1. The number of nitrogens with one attached hydrogen (secondary N) is 1. The van der Waals surface area contributed by atoms with Crippen LogP contribution in [0.3, 0.4) is 0 Å². The zero-order chi connectivity index (χ0) is 12.5. The Morgan fingerprint density at radius 2 is 2.06 bits per heavy atom. The minimum absolute atomic E-state index is 0.0258. The fourth-order valence-corrected chi connectivity index (χ4v) is 2.89. The Morgan fingerprint density at radius 3 is 2.41 bits per heavy atom. The van der Waals surface area contributed by atoms with Gasteiger partial charge in [0.2, 0.25) is 11.8 Å². The van der Waals surface area contributed by atoms with Crippen molar-refractivity contribution >= 4 is 11.8 Å². The molecule has 0 bridgehead atoms. The lowest BCUT2D eigenvalue weighted by molar-refractivity contribution is -0.147. The number of primary amides is 1. The van der Waals surface area contributed by atoms with Crippen molar-refractivity contribution in [3.8, 4) is 0 Å². The lowest BCUT2D eigenvalue weighted by Gasteiger charge is -2.44. The molecule has 0 saturated heterocycles.